The fraction of sp³-hybridized carbons (Fsp3) is 0.176. The molecule has 0 saturated carbocycles. The molecule has 1 heterocycles. The van der Waals surface area contributed by atoms with Crippen LogP contribution in [0.2, 0.25) is 0 Å². The Morgan fingerprint density at radius 1 is 0.947 bits per heavy atom. The first-order valence-electron chi connectivity index (χ1n) is 6.43. The lowest BCUT2D eigenvalue weighted by Gasteiger charge is -2.03. The first-order valence-corrected chi connectivity index (χ1v) is 6.43. The monoisotopic (exact) mass is 251 g/mol. The lowest BCUT2D eigenvalue weighted by atomic mass is 10.0. The molecule has 96 valence electrons. The molecule has 3 rings (SSSR count). The number of benzene rings is 2. The number of phenols is 1. The van der Waals surface area contributed by atoms with E-state index in [4.69, 9.17) is 0 Å². The van der Waals surface area contributed by atoms with Crippen LogP contribution in [-0.2, 0) is 7.05 Å². The summed E-state index contributed by atoms with van der Waals surface area (Å²) in [6.07, 6.45) is 0. The summed E-state index contributed by atoms with van der Waals surface area (Å²) in [6.45, 7) is 4.21. The number of phenolic OH excluding ortho intramolecular Hbond substituents is 1. The van der Waals surface area contributed by atoms with Gasteiger partial charge in [0.1, 0.15) is 5.75 Å². The number of aryl methyl sites for hydroxylation is 2. The van der Waals surface area contributed by atoms with Gasteiger partial charge in [0.05, 0.1) is 0 Å². The second kappa shape index (κ2) is 4.16. The van der Waals surface area contributed by atoms with Gasteiger partial charge >= 0.3 is 0 Å². The lowest BCUT2D eigenvalue weighted by molar-refractivity contribution is 0.476. The minimum absolute atomic E-state index is 0.312. The summed E-state index contributed by atoms with van der Waals surface area (Å²) in [5.41, 5.74) is 6.01. The van der Waals surface area contributed by atoms with Gasteiger partial charge in [0.15, 0.2) is 0 Å². The molecule has 0 aliphatic rings. The molecule has 0 amide bonds. The summed E-state index contributed by atoms with van der Waals surface area (Å²) in [6, 6.07) is 14.1. The Kier molecular flexibility index (Phi) is 2.59. The molecule has 1 aromatic heterocycles. The smallest absolute Gasteiger partial charge is 0.116 e. The number of aromatic nitrogens is 1. The van der Waals surface area contributed by atoms with Crippen LogP contribution in [0.1, 0.15) is 11.3 Å². The van der Waals surface area contributed by atoms with Crippen molar-refractivity contribution in [3.05, 3.63) is 53.7 Å². The molecule has 3 aromatic rings. The van der Waals surface area contributed by atoms with E-state index in [-0.39, 0.29) is 0 Å². The highest BCUT2D eigenvalue weighted by atomic mass is 16.3. The van der Waals surface area contributed by atoms with Gasteiger partial charge in [-0.2, -0.15) is 0 Å². The molecule has 0 saturated heterocycles. The Hall–Kier alpha value is -2.22. The van der Waals surface area contributed by atoms with Crippen LogP contribution in [-0.4, -0.2) is 9.67 Å². The predicted octanol–water partition coefficient (Wildman–Crippen LogP) is 4.17. The Labute approximate surface area is 112 Å². The zero-order valence-corrected chi connectivity index (χ0v) is 11.4. The van der Waals surface area contributed by atoms with Gasteiger partial charge in [0, 0.05) is 29.2 Å². The van der Waals surface area contributed by atoms with Gasteiger partial charge in [-0.1, -0.05) is 29.8 Å². The molecule has 2 aromatic carbocycles. The summed E-state index contributed by atoms with van der Waals surface area (Å²) in [5, 5.41) is 10.8. The second-order valence-electron chi connectivity index (χ2n) is 5.09. The first-order chi connectivity index (χ1) is 9.08. The van der Waals surface area contributed by atoms with Crippen molar-refractivity contribution in [3.63, 3.8) is 0 Å². The molecule has 0 bridgehead atoms. The van der Waals surface area contributed by atoms with Crippen LogP contribution in [0.4, 0.5) is 0 Å². The fourth-order valence-corrected chi connectivity index (χ4v) is 2.64. The molecule has 19 heavy (non-hydrogen) atoms. The van der Waals surface area contributed by atoms with E-state index in [2.05, 4.69) is 49.7 Å². The van der Waals surface area contributed by atoms with Gasteiger partial charge in [0.2, 0.25) is 0 Å². The SMILES string of the molecule is Cc1ccc(-c2c(C)n(C)c3ccc(O)cc23)cc1. The maximum atomic E-state index is 9.74. The number of hydrogen-bond acceptors (Lipinski definition) is 1. The normalized spacial score (nSPS) is 11.1. The minimum Gasteiger partial charge on any atom is -0.508 e. The van der Waals surface area contributed by atoms with E-state index < -0.39 is 0 Å². The van der Waals surface area contributed by atoms with Crippen molar-refractivity contribution in [2.24, 2.45) is 7.05 Å². The van der Waals surface area contributed by atoms with E-state index in [0.29, 0.717) is 5.75 Å². The van der Waals surface area contributed by atoms with E-state index in [1.54, 1.807) is 6.07 Å². The fourth-order valence-electron chi connectivity index (χ4n) is 2.64. The third-order valence-corrected chi connectivity index (χ3v) is 3.82. The second-order valence-corrected chi connectivity index (χ2v) is 5.09. The van der Waals surface area contributed by atoms with Crippen LogP contribution in [0.3, 0.4) is 0 Å². The highest BCUT2D eigenvalue weighted by Crippen LogP contribution is 2.35. The molecule has 0 aliphatic heterocycles. The largest absolute Gasteiger partial charge is 0.508 e. The Balaban J connectivity index is 2.36. The highest BCUT2D eigenvalue weighted by Gasteiger charge is 2.13. The molecule has 0 spiro atoms. The molecule has 2 heteroatoms. The molecule has 1 N–H and O–H groups in total. The molecule has 0 unspecified atom stereocenters. The Morgan fingerprint density at radius 2 is 1.63 bits per heavy atom. The predicted molar refractivity (Wildman–Crippen MR) is 79.5 cm³/mol. The van der Waals surface area contributed by atoms with Crippen molar-refractivity contribution in [2.45, 2.75) is 13.8 Å². The quantitative estimate of drug-likeness (QED) is 0.690. The zero-order chi connectivity index (χ0) is 13.6. The number of fused-ring (bicyclic) bond motifs is 1. The average molecular weight is 251 g/mol. The van der Waals surface area contributed by atoms with Gasteiger partial charge in [-0.25, -0.2) is 0 Å². The summed E-state index contributed by atoms with van der Waals surface area (Å²) in [4.78, 5) is 0. The van der Waals surface area contributed by atoms with Crippen molar-refractivity contribution in [1.82, 2.24) is 4.57 Å². The average Bonchev–Trinajstić information content (AvgIpc) is 2.63. The Morgan fingerprint density at radius 3 is 2.32 bits per heavy atom. The van der Waals surface area contributed by atoms with Crippen LogP contribution in [0, 0.1) is 13.8 Å². The maximum Gasteiger partial charge on any atom is 0.116 e. The highest BCUT2D eigenvalue weighted by molar-refractivity contribution is 5.98. The number of nitrogens with zero attached hydrogens (tertiary/aromatic N) is 1. The standard InChI is InChI=1S/C17H17NO/c1-11-4-6-13(7-5-11)17-12(2)18(3)16-9-8-14(19)10-15(16)17/h4-10,19H,1-3H3. The number of hydrogen-bond donors (Lipinski definition) is 1. The van der Waals surface area contributed by atoms with E-state index in [1.165, 1.54) is 22.4 Å². The van der Waals surface area contributed by atoms with Gasteiger partial charge in [-0.05, 0) is 37.6 Å². The zero-order valence-electron chi connectivity index (χ0n) is 11.4. The summed E-state index contributed by atoms with van der Waals surface area (Å²) in [7, 11) is 2.06. The minimum atomic E-state index is 0.312. The maximum absolute atomic E-state index is 9.74. The topological polar surface area (TPSA) is 25.2 Å². The van der Waals surface area contributed by atoms with Crippen LogP contribution < -0.4 is 0 Å². The number of aromatic hydroxyl groups is 1. The van der Waals surface area contributed by atoms with Crippen LogP contribution in [0.5, 0.6) is 5.75 Å². The first kappa shape index (κ1) is 11.8. The van der Waals surface area contributed by atoms with Crippen molar-refractivity contribution in [1.29, 1.82) is 0 Å². The van der Waals surface area contributed by atoms with Crippen molar-refractivity contribution < 1.29 is 5.11 Å². The molecular weight excluding hydrogens is 234 g/mol. The lowest BCUT2D eigenvalue weighted by Crippen LogP contribution is -1.90. The van der Waals surface area contributed by atoms with E-state index in [0.717, 1.165) is 10.9 Å². The molecule has 0 radical (unpaired) electrons. The summed E-state index contributed by atoms with van der Waals surface area (Å²) < 4.78 is 2.17. The summed E-state index contributed by atoms with van der Waals surface area (Å²) in [5.74, 6) is 0.312. The van der Waals surface area contributed by atoms with Crippen molar-refractivity contribution in [3.8, 4) is 16.9 Å². The van der Waals surface area contributed by atoms with Gasteiger partial charge in [0.25, 0.3) is 0 Å². The molecule has 0 aliphatic carbocycles. The van der Waals surface area contributed by atoms with Gasteiger partial charge in [-0.3, -0.25) is 0 Å². The van der Waals surface area contributed by atoms with Crippen LogP contribution >= 0.6 is 0 Å². The van der Waals surface area contributed by atoms with E-state index >= 15 is 0 Å². The van der Waals surface area contributed by atoms with Crippen LogP contribution in [0.25, 0.3) is 22.0 Å². The third-order valence-electron chi connectivity index (χ3n) is 3.82. The number of rotatable bonds is 1. The van der Waals surface area contributed by atoms with E-state index in [9.17, 15) is 5.11 Å². The summed E-state index contributed by atoms with van der Waals surface area (Å²) >= 11 is 0. The molecule has 2 nitrogen and oxygen atoms in total. The molecular formula is C17H17NO. The van der Waals surface area contributed by atoms with Crippen LogP contribution in [0.15, 0.2) is 42.5 Å². The van der Waals surface area contributed by atoms with Crippen molar-refractivity contribution >= 4 is 10.9 Å². The van der Waals surface area contributed by atoms with E-state index in [1.807, 2.05) is 12.1 Å². The van der Waals surface area contributed by atoms with Gasteiger partial charge < -0.3 is 9.67 Å². The third kappa shape index (κ3) is 1.80. The van der Waals surface area contributed by atoms with Gasteiger partial charge in [-0.15, -0.1) is 0 Å². The van der Waals surface area contributed by atoms with Crippen molar-refractivity contribution in [2.75, 3.05) is 0 Å². The molecule has 0 atom stereocenters. The molecule has 0 fully saturated rings. The Bertz CT molecular complexity index is 751.